The largest absolute Gasteiger partial charge is 0.329 e. The van der Waals surface area contributed by atoms with E-state index >= 15 is 0 Å². The number of hydrogen-bond acceptors (Lipinski definition) is 2. The highest BCUT2D eigenvalue weighted by Crippen LogP contribution is 2.43. The van der Waals surface area contributed by atoms with Crippen LogP contribution in [0.1, 0.15) is 43.7 Å². The van der Waals surface area contributed by atoms with Gasteiger partial charge in [-0.2, -0.15) is 0 Å². The van der Waals surface area contributed by atoms with Gasteiger partial charge in [0.15, 0.2) is 0 Å². The van der Waals surface area contributed by atoms with E-state index in [4.69, 9.17) is 0 Å². The summed E-state index contributed by atoms with van der Waals surface area (Å²) in [5, 5.41) is 0. The molecular weight excluding hydrogens is 370 g/mol. The number of para-hydroxylation sites is 2. The second-order valence-electron chi connectivity index (χ2n) is 8.85. The maximum absolute atomic E-state index is 13.0. The Kier molecular flexibility index (Phi) is 5.11. The maximum Gasteiger partial charge on any atom is 0.329 e. The summed E-state index contributed by atoms with van der Waals surface area (Å²) in [5.41, 5.74) is 5.44. The van der Waals surface area contributed by atoms with Crippen molar-refractivity contribution in [1.82, 2.24) is 14.0 Å². The number of likely N-dealkylation sites (tertiary alicyclic amines) is 1. The summed E-state index contributed by atoms with van der Waals surface area (Å²) >= 11 is 0. The minimum absolute atomic E-state index is 0.142. The van der Waals surface area contributed by atoms with Crippen LogP contribution in [0.2, 0.25) is 0 Å². The lowest BCUT2D eigenvalue weighted by Gasteiger charge is -2.39. The fraction of sp³-hybridized carbons (Fsp3) is 0.423. The van der Waals surface area contributed by atoms with E-state index in [2.05, 4.69) is 60.4 Å². The van der Waals surface area contributed by atoms with Crippen molar-refractivity contribution in [3.8, 4) is 0 Å². The second kappa shape index (κ2) is 7.92. The molecule has 0 N–H and O–H groups in total. The van der Waals surface area contributed by atoms with Crippen molar-refractivity contribution in [3.05, 3.63) is 76.2 Å². The fourth-order valence-electron chi connectivity index (χ4n) is 5.43. The van der Waals surface area contributed by atoms with Gasteiger partial charge in [0.25, 0.3) is 0 Å². The first-order valence-corrected chi connectivity index (χ1v) is 11.4. The van der Waals surface area contributed by atoms with E-state index in [1.165, 1.54) is 24.0 Å². The van der Waals surface area contributed by atoms with E-state index in [0.717, 1.165) is 56.6 Å². The molecule has 4 heteroatoms. The van der Waals surface area contributed by atoms with Gasteiger partial charge < -0.3 is 4.90 Å². The second-order valence-corrected chi connectivity index (χ2v) is 8.85. The molecule has 0 saturated carbocycles. The number of benzene rings is 2. The lowest BCUT2D eigenvalue weighted by Crippen LogP contribution is -2.41. The predicted molar refractivity (Wildman–Crippen MR) is 124 cm³/mol. The van der Waals surface area contributed by atoms with Crippen molar-refractivity contribution in [3.63, 3.8) is 0 Å². The highest BCUT2D eigenvalue weighted by Gasteiger charge is 2.37. The van der Waals surface area contributed by atoms with Crippen LogP contribution in [0.15, 0.2) is 59.4 Å². The molecule has 1 aliphatic heterocycles. The number of hydrogen-bond donors (Lipinski definition) is 0. The molecule has 0 bridgehead atoms. The summed E-state index contributed by atoms with van der Waals surface area (Å²) in [6.45, 7) is 7.02. The average Bonchev–Trinajstić information content (AvgIpc) is 3.27. The molecule has 156 valence electrons. The highest BCUT2D eigenvalue weighted by molar-refractivity contribution is 5.76. The summed E-state index contributed by atoms with van der Waals surface area (Å²) in [6.07, 6.45) is 9.12. The highest BCUT2D eigenvalue weighted by atomic mass is 16.1. The molecule has 1 spiro atoms. The number of aryl methyl sites for hydroxylation is 2. The number of allylic oxidation sites excluding steroid dienone is 1. The Labute approximate surface area is 178 Å². The number of piperidine rings is 1. The Morgan fingerprint density at radius 3 is 2.27 bits per heavy atom. The van der Waals surface area contributed by atoms with Crippen LogP contribution in [-0.4, -0.2) is 33.7 Å². The van der Waals surface area contributed by atoms with Crippen molar-refractivity contribution in [2.45, 2.75) is 51.1 Å². The molecule has 30 heavy (non-hydrogen) atoms. The van der Waals surface area contributed by atoms with Crippen molar-refractivity contribution >= 4 is 17.1 Å². The van der Waals surface area contributed by atoms with Gasteiger partial charge in [-0.3, -0.25) is 9.13 Å². The number of nitrogens with zero attached hydrogens (tertiary/aromatic N) is 3. The fourth-order valence-corrected chi connectivity index (χ4v) is 5.43. The standard InChI is InChI=1S/C26H31N3O/c1-2-16-28-23-10-5-6-11-24(23)29(25(28)30)18-7-17-27-19-14-26(15-20-27)13-12-21-8-3-4-9-22(21)26/h3-6,8-13H,2,7,14-20H2,1H3. The third-order valence-corrected chi connectivity index (χ3v) is 7.06. The molecule has 3 aromatic rings. The smallest absolute Gasteiger partial charge is 0.303 e. The molecule has 1 aliphatic carbocycles. The number of fused-ring (bicyclic) bond motifs is 3. The molecule has 1 saturated heterocycles. The van der Waals surface area contributed by atoms with Gasteiger partial charge in [0, 0.05) is 18.5 Å². The van der Waals surface area contributed by atoms with Crippen LogP contribution < -0.4 is 5.69 Å². The van der Waals surface area contributed by atoms with Crippen LogP contribution >= 0.6 is 0 Å². The summed E-state index contributed by atoms with van der Waals surface area (Å²) in [7, 11) is 0. The molecule has 4 nitrogen and oxygen atoms in total. The maximum atomic E-state index is 13.0. The van der Waals surface area contributed by atoms with Gasteiger partial charge >= 0.3 is 5.69 Å². The van der Waals surface area contributed by atoms with Crippen LogP contribution in [-0.2, 0) is 18.5 Å². The van der Waals surface area contributed by atoms with E-state index in [9.17, 15) is 4.79 Å². The molecule has 2 heterocycles. The normalized spacial score (nSPS) is 17.8. The van der Waals surface area contributed by atoms with Crippen LogP contribution in [0, 0.1) is 0 Å². The Balaban J connectivity index is 1.23. The average molecular weight is 402 g/mol. The van der Waals surface area contributed by atoms with Crippen molar-refractivity contribution in [2.24, 2.45) is 0 Å². The minimum atomic E-state index is 0.142. The van der Waals surface area contributed by atoms with Gasteiger partial charge in [-0.15, -0.1) is 0 Å². The quantitative estimate of drug-likeness (QED) is 0.601. The number of aromatic nitrogens is 2. The van der Waals surface area contributed by atoms with Gasteiger partial charge in [-0.25, -0.2) is 4.79 Å². The third-order valence-electron chi connectivity index (χ3n) is 7.06. The zero-order valence-corrected chi connectivity index (χ0v) is 17.9. The van der Waals surface area contributed by atoms with E-state index in [1.807, 2.05) is 21.3 Å². The van der Waals surface area contributed by atoms with E-state index < -0.39 is 0 Å². The Bertz CT molecular complexity index is 1130. The third kappa shape index (κ3) is 3.24. The monoisotopic (exact) mass is 401 g/mol. The number of imidazole rings is 1. The van der Waals surface area contributed by atoms with Crippen molar-refractivity contribution in [1.29, 1.82) is 0 Å². The molecule has 5 rings (SSSR count). The molecule has 1 aromatic heterocycles. The van der Waals surface area contributed by atoms with Crippen molar-refractivity contribution < 1.29 is 0 Å². The van der Waals surface area contributed by atoms with Crippen LogP contribution in [0.25, 0.3) is 17.1 Å². The van der Waals surface area contributed by atoms with Gasteiger partial charge in [0.2, 0.25) is 0 Å². The Hall–Kier alpha value is -2.59. The van der Waals surface area contributed by atoms with E-state index in [1.54, 1.807) is 0 Å². The molecule has 0 radical (unpaired) electrons. The zero-order valence-electron chi connectivity index (χ0n) is 17.9. The first-order valence-electron chi connectivity index (χ1n) is 11.4. The van der Waals surface area contributed by atoms with Crippen LogP contribution in [0.4, 0.5) is 0 Å². The molecular formula is C26H31N3O. The summed E-state index contributed by atoms with van der Waals surface area (Å²) in [4.78, 5) is 15.5. The number of rotatable bonds is 6. The van der Waals surface area contributed by atoms with Gasteiger partial charge in [-0.1, -0.05) is 55.5 Å². The molecule has 1 fully saturated rings. The lowest BCUT2D eigenvalue weighted by atomic mass is 9.74. The van der Waals surface area contributed by atoms with Crippen LogP contribution in [0.3, 0.4) is 0 Å². The summed E-state index contributed by atoms with van der Waals surface area (Å²) in [5.74, 6) is 0. The first kappa shape index (κ1) is 19.4. The van der Waals surface area contributed by atoms with E-state index in [0.29, 0.717) is 0 Å². The van der Waals surface area contributed by atoms with E-state index in [-0.39, 0.29) is 11.1 Å². The SMILES string of the molecule is CCCn1c(=O)n(CCCN2CCC3(C=Cc4ccccc43)CC2)c2ccccc21. The molecule has 2 aromatic carbocycles. The first-order chi connectivity index (χ1) is 14.7. The minimum Gasteiger partial charge on any atom is -0.303 e. The van der Waals surface area contributed by atoms with Gasteiger partial charge in [-0.05, 0) is 68.6 Å². The molecule has 0 unspecified atom stereocenters. The molecule has 0 amide bonds. The lowest BCUT2D eigenvalue weighted by molar-refractivity contribution is 0.180. The Morgan fingerprint density at radius 1 is 0.867 bits per heavy atom. The predicted octanol–water partition coefficient (Wildman–Crippen LogP) is 4.66. The van der Waals surface area contributed by atoms with Crippen molar-refractivity contribution in [2.75, 3.05) is 19.6 Å². The topological polar surface area (TPSA) is 30.2 Å². The summed E-state index contributed by atoms with van der Waals surface area (Å²) < 4.78 is 3.91. The zero-order chi connectivity index (χ0) is 20.6. The van der Waals surface area contributed by atoms with Crippen LogP contribution in [0.5, 0.6) is 0 Å². The summed E-state index contributed by atoms with van der Waals surface area (Å²) in [6, 6.07) is 17.1. The van der Waals surface area contributed by atoms with Gasteiger partial charge in [0.1, 0.15) is 0 Å². The Morgan fingerprint density at radius 2 is 1.53 bits per heavy atom. The molecule has 0 atom stereocenters. The molecule has 2 aliphatic rings. The van der Waals surface area contributed by atoms with Gasteiger partial charge in [0.05, 0.1) is 11.0 Å².